The van der Waals surface area contributed by atoms with Crippen molar-refractivity contribution in [3.8, 4) is 16.9 Å². The zero-order valence-electron chi connectivity index (χ0n) is 23.4. The van der Waals surface area contributed by atoms with Gasteiger partial charge in [-0.25, -0.2) is 9.59 Å². The summed E-state index contributed by atoms with van der Waals surface area (Å²) in [5.74, 6) is -1.49. The number of carbonyl (C=O) groups excluding carboxylic acids is 2. The third kappa shape index (κ3) is 5.62. The van der Waals surface area contributed by atoms with E-state index in [2.05, 4.69) is 10.3 Å². The van der Waals surface area contributed by atoms with Crippen molar-refractivity contribution < 1.29 is 24.2 Å². The Morgan fingerprint density at radius 1 is 1.02 bits per heavy atom. The molecule has 0 fully saturated rings. The summed E-state index contributed by atoms with van der Waals surface area (Å²) >= 11 is 0. The summed E-state index contributed by atoms with van der Waals surface area (Å²) in [6.45, 7) is 4.16. The summed E-state index contributed by atoms with van der Waals surface area (Å²) in [4.78, 5) is 42.3. The molecule has 41 heavy (non-hydrogen) atoms. The third-order valence-electron chi connectivity index (χ3n) is 7.17. The summed E-state index contributed by atoms with van der Waals surface area (Å²) in [6, 6.07) is 14.9. The van der Waals surface area contributed by atoms with E-state index in [0.717, 1.165) is 26.9 Å². The first-order valence-corrected chi connectivity index (χ1v) is 13.2. The molecule has 1 atom stereocenters. The normalized spacial score (nSPS) is 11.6. The van der Waals surface area contributed by atoms with Crippen LogP contribution in [0.5, 0.6) is 5.75 Å². The van der Waals surface area contributed by atoms with Gasteiger partial charge in [0.2, 0.25) is 0 Å². The zero-order valence-corrected chi connectivity index (χ0v) is 23.4. The van der Waals surface area contributed by atoms with E-state index in [9.17, 15) is 19.5 Å². The molecule has 1 unspecified atom stereocenters. The van der Waals surface area contributed by atoms with Gasteiger partial charge in [-0.1, -0.05) is 25.1 Å². The maximum absolute atomic E-state index is 13.3. The largest absolute Gasteiger partial charge is 0.497 e. The van der Waals surface area contributed by atoms with E-state index in [1.165, 1.54) is 20.2 Å². The number of aromatic nitrogens is 1. The summed E-state index contributed by atoms with van der Waals surface area (Å²) in [6.07, 6.45) is 2.57. The summed E-state index contributed by atoms with van der Waals surface area (Å²) in [5.41, 5.74) is 10.1. The molecule has 0 aliphatic carbocycles. The molecule has 3 aromatic carbocycles. The fourth-order valence-corrected chi connectivity index (χ4v) is 5.06. The van der Waals surface area contributed by atoms with Crippen LogP contribution in [0, 0.1) is 5.41 Å². The maximum Gasteiger partial charge on any atom is 0.336 e. The number of aromatic carboxylic acids is 1. The zero-order chi connectivity index (χ0) is 29.8. The van der Waals surface area contributed by atoms with Crippen LogP contribution in [0.2, 0.25) is 0 Å². The average molecular weight is 556 g/mol. The van der Waals surface area contributed by atoms with Crippen molar-refractivity contribution in [2.75, 3.05) is 20.7 Å². The smallest absolute Gasteiger partial charge is 0.336 e. The maximum atomic E-state index is 13.3. The highest BCUT2D eigenvalue weighted by molar-refractivity contribution is 6.05. The predicted octanol–water partition coefficient (Wildman–Crippen LogP) is 5.17. The van der Waals surface area contributed by atoms with Crippen LogP contribution in [0.25, 0.3) is 22.0 Å². The number of hydrogen-bond acceptors (Lipinski definition) is 5. The lowest BCUT2D eigenvalue weighted by Crippen LogP contribution is -2.41. The molecule has 0 radical (unpaired) electrons. The van der Waals surface area contributed by atoms with Crippen LogP contribution < -0.4 is 15.8 Å². The molecule has 0 saturated heterocycles. The summed E-state index contributed by atoms with van der Waals surface area (Å²) in [5, 5.41) is 21.4. The molecule has 4 rings (SSSR count). The van der Waals surface area contributed by atoms with E-state index in [1.807, 2.05) is 31.3 Å². The fraction of sp³-hybridized carbons (Fsp3) is 0.226. The minimum absolute atomic E-state index is 0.0205. The van der Waals surface area contributed by atoms with E-state index < -0.39 is 17.9 Å². The molecule has 1 aromatic heterocycles. The van der Waals surface area contributed by atoms with E-state index >= 15 is 0 Å². The number of nitrogens with one attached hydrogen (secondary N) is 3. The van der Waals surface area contributed by atoms with Gasteiger partial charge in [0.1, 0.15) is 11.6 Å². The Kier molecular flexibility index (Phi) is 8.42. The SMILES string of the molecule is CCNC(=O)N(C)C(=O)c1ccc(C(CC)c2c[nH]c3cc(C(=N)N)ccc23)c(-c2ccc(OC)cc2C(=O)O)c1. The monoisotopic (exact) mass is 555 g/mol. The number of hydrogen-bond donors (Lipinski definition) is 5. The minimum Gasteiger partial charge on any atom is -0.497 e. The van der Waals surface area contributed by atoms with E-state index in [-0.39, 0.29) is 22.9 Å². The second-order valence-electron chi connectivity index (χ2n) is 9.60. The van der Waals surface area contributed by atoms with Gasteiger partial charge in [0.25, 0.3) is 5.91 Å². The van der Waals surface area contributed by atoms with Crippen LogP contribution in [0.4, 0.5) is 4.79 Å². The number of benzene rings is 3. The van der Waals surface area contributed by atoms with E-state index in [4.69, 9.17) is 15.9 Å². The molecule has 6 N–H and O–H groups in total. The molecular formula is C31H33N5O5. The molecule has 0 spiro atoms. The first kappa shape index (κ1) is 28.9. The molecular weight excluding hydrogens is 522 g/mol. The van der Waals surface area contributed by atoms with Crippen molar-refractivity contribution in [2.24, 2.45) is 5.73 Å². The average Bonchev–Trinajstić information content (AvgIpc) is 3.39. The number of nitrogens with zero attached hydrogens (tertiary/aromatic N) is 1. The number of nitrogens with two attached hydrogens (primary N) is 1. The van der Waals surface area contributed by atoms with Gasteiger partial charge in [-0.3, -0.25) is 15.1 Å². The molecule has 0 saturated carbocycles. The Bertz CT molecular complexity index is 1660. The van der Waals surface area contributed by atoms with Crippen molar-refractivity contribution in [1.29, 1.82) is 5.41 Å². The number of nitrogen functional groups attached to an aromatic ring is 1. The highest BCUT2D eigenvalue weighted by Crippen LogP contribution is 2.40. The Morgan fingerprint density at radius 3 is 2.39 bits per heavy atom. The Balaban J connectivity index is 1.94. The number of carboxylic acids is 1. The summed E-state index contributed by atoms with van der Waals surface area (Å²) < 4.78 is 5.27. The quantitative estimate of drug-likeness (QED) is 0.141. The number of amidine groups is 1. The molecule has 10 heteroatoms. The Labute approximate surface area is 237 Å². The van der Waals surface area contributed by atoms with Crippen LogP contribution in [-0.2, 0) is 0 Å². The third-order valence-corrected chi connectivity index (χ3v) is 7.17. The highest BCUT2D eigenvalue weighted by Gasteiger charge is 2.26. The second kappa shape index (κ2) is 12.0. The number of urea groups is 1. The standard InChI is InChI=1S/C31H33N5O5/c1-5-20(26-16-35-27-14-17(28(32)33)7-11-23(26)27)21-10-8-18(29(37)36(3)31(40)34-6-2)13-24(21)22-12-9-19(41-4)15-25(22)30(38)39/h7-16,20,35H,5-6H2,1-4H3,(H3,32,33)(H,34,40)(H,38,39). The van der Waals surface area contributed by atoms with Crippen LogP contribution in [-0.4, -0.2) is 59.4 Å². The number of fused-ring (bicyclic) bond motifs is 1. The number of ether oxygens (including phenoxy) is 1. The number of amides is 3. The topological polar surface area (TPSA) is 162 Å². The molecule has 1 heterocycles. The predicted molar refractivity (Wildman–Crippen MR) is 158 cm³/mol. The molecule has 0 aliphatic heterocycles. The van der Waals surface area contributed by atoms with Crippen molar-refractivity contribution in [3.05, 3.63) is 88.6 Å². The Hall–Kier alpha value is -5.12. The number of methoxy groups -OCH3 is 1. The number of aromatic amines is 1. The lowest BCUT2D eigenvalue weighted by atomic mass is 9.82. The van der Waals surface area contributed by atoms with Gasteiger partial charge in [0.15, 0.2) is 0 Å². The van der Waals surface area contributed by atoms with Gasteiger partial charge in [-0.05, 0) is 72.0 Å². The molecule has 0 aliphatic rings. The lowest BCUT2D eigenvalue weighted by molar-refractivity contribution is 0.0696. The molecule has 4 aromatic rings. The number of H-pyrrole nitrogens is 1. The van der Waals surface area contributed by atoms with Crippen molar-refractivity contribution in [1.82, 2.24) is 15.2 Å². The number of rotatable bonds is 9. The molecule has 3 amide bonds. The fourth-order valence-electron chi connectivity index (χ4n) is 5.06. The van der Waals surface area contributed by atoms with Gasteiger partial charge in [0, 0.05) is 47.7 Å². The van der Waals surface area contributed by atoms with Crippen LogP contribution in [0.1, 0.15) is 63.6 Å². The molecule has 10 nitrogen and oxygen atoms in total. The Morgan fingerprint density at radius 2 is 1.76 bits per heavy atom. The highest BCUT2D eigenvalue weighted by atomic mass is 16.5. The van der Waals surface area contributed by atoms with Crippen molar-refractivity contribution in [3.63, 3.8) is 0 Å². The minimum atomic E-state index is -1.14. The number of carboxylic acid groups (broad SMARTS) is 1. The van der Waals surface area contributed by atoms with Gasteiger partial charge < -0.3 is 25.9 Å². The van der Waals surface area contributed by atoms with E-state index in [1.54, 1.807) is 37.3 Å². The van der Waals surface area contributed by atoms with Gasteiger partial charge in [0.05, 0.1) is 12.7 Å². The first-order valence-electron chi connectivity index (χ1n) is 13.2. The number of imide groups is 1. The summed E-state index contributed by atoms with van der Waals surface area (Å²) in [7, 11) is 2.86. The lowest BCUT2D eigenvalue weighted by Gasteiger charge is -2.22. The molecule has 212 valence electrons. The van der Waals surface area contributed by atoms with Gasteiger partial charge in [-0.2, -0.15) is 0 Å². The van der Waals surface area contributed by atoms with Crippen LogP contribution in [0.15, 0.2) is 60.8 Å². The first-order chi connectivity index (χ1) is 19.6. The second-order valence-corrected chi connectivity index (χ2v) is 9.60. The molecule has 0 bridgehead atoms. The van der Waals surface area contributed by atoms with Gasteiger partial charge in [-0.15, -0.1) is 0 Å². The number of carbonyl (C=O) groups is 3. The van der Waals surface area contributed by atoms with Crippen molar-refractivity contribution >= 4 is 34.6 Å². The van der Waals surface area contributed by atoms with Gasteiger partial charge >= 0.3 is 12.0 Å². The van der Waals surface area contributed by atoms with E-state index in [0.29, 0.717) is 35.4 Å². The van der Waals surface area contributed by atoms with Crippen molar-refractivity contribution in [2.45, 2.75) is 26.2 Å². The van der Waals surface area contributed by atoms with Crippen LogP contribution in [0.3, 0.4) is 0 Å². The van der Waals surface area contributed by atoms with Crippen LogP contribution >= 0.6 is 0 Å².